The van der Waals surface area contributed by atoms with Gasteiger partial charge >= 0.3 is 0 Å². The van der Waals surface area contributed by atoms with Crippen LogP contribution in [-0.2, 0) is 4.74 Å². The Bertz CT molecular complexity index is 77.1. The molecular weight excluding hydrogens is 116 g/mol. The number of rotatable bonds is 2. The van der Waals surface area contributed by atoms with E-state index in [1.807, 2.05) is 0 Å². The van der Waals surface area contributed by atoms with Gasteiger partial charge in [0.15, 0.2) is 0 Å². The third kappa shape index (κ3) is 1.41. The summed E-state index contributed by atoms with van der Waals surface area (Å²) in [5, 5.41) is 4.39. The Kier molecular flexibility index (Phi) is 2.45. The standard InChI is InChI=1S/C6H14N2O/c1-3-7-5-9-6-8(7)4-2/h3-6H2,1-2H3. The van der Waals surface area contributed by atoms with Gasteiger partial charge < -0.3 is 4.74 Å². The van der Waals surface area contributed by atoms with Crippen LogP contribution < -0.4 is 0 Å². The van der Waals surface area contributed by atoms with Gasteiger partial charge in [-0.2, -0.15) is 0 Å². The quantitative estimate of drug-likeness (QED) is 0.541. The van der Waals surface area contributed by atoms with Crippen molar-refractivity contribution >= 4 is 0 Å². The van der Waals surface area contributed by atoms with Crippen molar-refractivity contribution in [3.8, 4) is 0 Å². The van der Waals surface area contributed by atoms with Gasteiger partial charge in [0.2, 0.25) is 0 Å². The molecule has 1 fully saturated rings. The predicted molar refractivity (Wildman–Crippen MR) is 35.6 cm³/mol. The molecule has 0 atom stereocenters. The van der Waals surface area contributed by atoms with Crippen LogP contribution in [0.3, 0.4) is 0 Å². The summed E-state index contributed by atoms with van der Waals surface area (Å²) in [6, 6.07) is 0. The molecule has 0 spiro atoms. The fourth-order valence-electron chi connectivity index (χ4n) is 0.997. The van der Waals surface area contributed by atoms with Crippen molar-refractivity contribution in [3.05, 3.63) is 0 Å². The van der Waals surface area contributed by atoms with Crippen molar-refractivity contribution in [2.75, 3.05) is 26.6 Å². The van der Waals surface area contributed by atoms with Crippen molar-refractivity contribution < 1.29 is 4.74 Å². The molecule has 3 heteroatoms. The van der Waals surface area contributed by atoms with Crippen LogP contribution >= 0.6 is 0 Å². The van der Waals surface area contributed by atoms with E-state index in [4.69, 9.17) is 4.74 Å². The van der Waals surface area contributed by atoms with Gasteiger partial charge in [0, 0.05) is 13.1 Å². The lowest BCUT2D eigenvalue weighted by Gasteiger charge is -2.21. The normalized spacial score (nSPS) is 23.3. The third-order valence-corrected chi connectivity index (χ3v) is 1.61. The third-order valence-electron chi connectivity index (χ3n) is 1.61. The summed E-state index contributed by atoms with van der Waals surface area (Å²) in [4.78, 5) is 0. The minimum Gasteiger partial charge on any atom is -0.348 e. The first-order chi connectivity index (χ1) is 4.38. The zero-order valence-electron chi connectivity index (χ0n) is 6.13. The van der Waals surface area contributed by atoms with Crippen LogP contribution in [0.5, 0.6) is 0 Å². The molecule has 3 nitrogen and oxygen atoms in total. The first-order valence-electron chi connectivity index (χ1n) is 3.46. The van der Waals surface area contributed by atoms with Gasteiger partial charge in [0.25, 0.3) is 0 Å². The molecule has 9 heavy (non-hydrogen) atoms. The molecule has 1 aliphatic heterocycles. The van der Waals surface area contributed by atoms with Gasteiger partial charge in [0.05, 0.1) is 0 Å². The van der Waals surface area contributed by atoms with Crippen LogP contribution in [0.2, 0.25) is 0 Å². The van der Waals surface area contributed by atoms with Gasteiger partial charge in [-0.05, 0) is 0 Å². The Labute approximate surface area is 56.2 Å². The highest BCUT2D eigenvalue weighted by Crippen LogP contribution is 2.04. The molecular formula is C6H14N2O. The molecule has 0 radical (unpaired) electrons. The average Bonchev–Trinajstić information content (AvgIpc) is 2.33. The second-order valence-electron chi connectivity index (χ2n) is 2.11. The summed E-state index contributed by atoms with van der Waals surface area (Å²) < 4.78 is 5.20. The maximum atomic E-state index is 5.20. The lowest BCUT2D eigenvalue weighted by molar-refractivity contribution is 0.0388. The molecule has 0 aromatic rings. The molecule has 0 aromatic carbocycles. The van der Waals surface area contributed by atoms with Crippen LogP contribution in [-0.4, -0.2) is 36.6 Å². The van der Waals surface area contributed by atoms with Crippen LogP contribution in [0.15, 0.2) is 0 Å². The zero-order chi connectivity index (χ0) is 6.69. The molecule has 0 N–H and O–H groups in total. The van der Waals surface area contributed by atoms with Crippen LogP contribution in [0.1, 0.15) is 13.8 Å². The van der Waals surface area contributed by atoms with E-state index in [2.05, 4.69) is 23.9 Å². The fourth-order valence-corrected chi connectivity index (χ4v) is 0.997. The molecule has 1 heterocycles. The SMILES string of the molecule is CCN1COCN1CC. The minimum atomic E-state index is 0.768. The van der Waals surface area contributed by atoms with E-state index >= 15 is 0 Å². The van der Waals surface area contributed by atoms with E-state index in [0.29, 0.717) is 0 Å². The molecule has 0 aliphatic carbocycles. The van der Waals surface area contributed by atoms with Crippen LogP contribution in [0.25, 0.3) is 0 Å². The highest BCUT2D eigenvalue weighted by Gasteiger charge is 2.17. The van der Waals surface area contributed by atoms with E-state index in [0.717, 1.165) is 26.6 Å². The summed E-state index contributed by atoms with van der Waals surface area (Å²) >= 11 is 0. The summed E-state index contributed by atoms with van der Waals surface area (Å²) in [5.74, 6) is 0. The smallest absolute Gasteiger partial charge is 0.114 e. The molecule has 0 amide bonds. The van der Waals surface area contributed by atoms with Crippen LogP contribution in [0, 0.1) is 0 Å². The van der Waals surface area contributed by atoms with Crippen molar-refractivity contribution in [3.63, 3.8) is 0 Å². The highest BCUT2D eigenvalue weighted by atomic mass is 16.5. The molecule has 0 saturated carbocycles. The Balaban J connectivity index is 2.32. The first-order valence-corrected chi connectivity index (χ1v) is 3.46. The maximum Gasteiger partial charge on any atom is 0.114 e. The second-order valence-corrected chi connectivity index (χ2v) is 2.11. The van der Waals surface area contributed by atoms with E-state index in [1.54, 1.807) is 0 Å². The van der Waals surface area contributed by atoms with E-state index < -0.39 is 0 Å². The fraction of sp³-hybridized carbons (Fsp3) is 1.00. The highest BCUT2D eigenvalue weighted by molar-refractivity contribution is 4.51. The number of nitrogens with zero attached hydrogens (tertiary/aromatic N) is 2. The molecule has 0 aromatic heterocycles. The van der Waals surface area contributed by atoms with Crippen molar-refractivity contribution in [1.82, 2.24) is 10.0 Å². The van der Waals surface area contributed by atoms with Gasteiger partial charge in [-0.1, -0.05) is 13.8 Å². The van der Waals surface area contributed by atoms with Crippen molar-refractivity contribution in [2.45, 2.75) is 13.8 Å². The van der Waals surface area contributed by atoms with Gasteiger partial charge in [-0.3, -0.25) is 0 Å². The first kappa shape index (κ1) is 6.99. The summed E-state index contributed by atoms with van der Waals surface area (Å²) in [5.41, 5.74) is 0. The predicted octanol–water partition coefficient (Wildman–Crippen LogP) is 0.490. The number of hydrazine groups is 1. The molecule has 1 saturated heterocycles. The van der Waals surface area contributed by atoms with E-state index in [-0.39, 0.29) is 0 Å². The van der Waals surface area contributed by atoms with Crippen LogP contribution in [0.4, 0.5) is 0 Å². The number of ether oxygens (including phenoxy) is 1. The Morgan fingerprint density at radius 3 is 1.89 bits per heavy atom. The Morgan fingerprint density at radius 2 is 1.56 bits per heavy atom. The lowest BCUT2D eigenvalue weighted by Crippen LogP contribution is -2.35. The number of hydrogen-bond acceptors (Lipinski definition) is 3. The number of hydrogen-bond donors (Lipinski definition) is 0. The zero-order valence-corrected chi connectivity index (χ0v) is 6.13. The van der Waals surface area contributed by atoms with E-state index in [1.165, 1.54) is 0 Å². The molecule has 54 valence electrons. The van der Waals surface area contributed by atoms with Gasteiger partial charge in [0.1, 0.15) is 13.5 Å². The molecule has 1 aliphatic rings. The molecule has 1 rings (SSSR count). The van der Waals surface area contributed by atoms with Gasteiger partial charge in [-0.15, -0.1) is 0 Å². The van der Waals surface area contributed by atoms with E-state index in [9.17, 15) is 0 Å². The summed E-state index contributed by atoms with van der Waals surface area (Å²) in [6.45, 7) is 7.91. The van der Waals surface area contributed by atoms with Crippen molar-refractivity contribution in [1.29, 1.82) is 0 Å². The largest absolute Gasteiger partial charge is 0.348 e. The summed E-state index contributed by atoms with van der Waals surface area (Å²) in [6.07, 6.45) is 0. The molecule has 0 bridgehead atoms. The van der Waals surface area contributed by atoms with Gasteiger partial charge in [-0.25, -0.2) is 10.0 Å². The Hall–Kier alpha value is -0.120. The second kappa shape index (κ2) is 3.15. The topological polar surface area (TPSA) is 15.7 Å². The Morgan fingerprint density at radius 1 is 1.11 bits per heavy atom. The average molecular weight is 130 g/mol. The monoisotopic (exact) mass is 130 g/mol. The summed E-state index contributed by atoms with van der Waals surface area (Å²) in [7, 11) is 0. The lowest BCUT2D eigenvalue weighted by atomic mass is 10.7. The maximum absolute atomic E-state index is 5.20. The minimum absolute atomic E-state index is 0.768. The van der Waals surface area contributed by atoms with Crippen molar-refractivity contribution in [2.24, 2.45) is 0 Å². The molecule has 0 unspecified atom stereocenters.